The van der Waals surface area contributed by atoms with Crippen LogP contribution in [0.25, 0.3) is 0 Å². The lowest BCUT2D eigenvalue weighted by Gasteiger charge is -2.04. The third-order valence-corrected chi connectivity index (χ3v) is 3.36. The van der Waals surface area contributed by atoms with Crippen LogP contribution in [0.5, 0.6) is 0 Å². The minimum Gasteiger partial charge on any atom is -0.466 e. The zero-order valence-corrected chi connectivity index (χ0v) is 13.3. The molecule has 21 heavy (non-hydrogen) atoms. The standard InChI is InChI=1S/C13H22N4O3S/c1-3-6-10-15-13(17-16-10)21-9-11(18)14-8-5-7-12(19)20-4-2/h3-9H2,1-2H3,(H,14,18)(H,15,16,17). The SMILES string of the molecule is CCCc1nc(SCC(=O)NCCCC(=O)OCC)n[nH]1. The number of esters is 1. The molecule has 0 bridgehead atoms. The average Bonchev–Trinajstić information content (AvgIpc) is 2.90. The van der Waals surface area contributed by atoms with Crippen molar-refractivity contribution in [2.45, 2.75) is 44.7 Å². The van der Waals surface area contributed by atoms with Gasteiger partial charge in [-0.25, -0.2) is 4.98 Å². The van der Waals surface area contributed by atoms with Crippen molar-refractivity contribution in [1.82, 2.24) is 20.5 Å². The first-order valence-corrected chi connectivity index (χ1v) is 8.10. The topological polar surface area (TPSA) is 97.0 Å². The van der Waals surface area contributed by atoms with Gasteiger partial charge in [-0.1, -0.05) is 18.7 Å². The van der Waals surface area contributed by atoms with Gasteiger partial charge in [0.2, 0.25) is 11.1 Å². The number of hydrogen-bond donors (Lipinski definition) is 2. The molecule has 0 saturated heterocycles. The number of aryl methyl sites for hydroxylation is 1. The second-order valence-corrected chi connectivity index (χ2v) is 5.30. The molecule has 1 amide bonds. The Hall–Kier alpha value is -1.57. The van der Waals surface area contributed by atoms with Crippen LogP contribution in [0.2, 0.25) is 0 Å². The van der Waals surface area contributed by atoms with Crippen LogP contribution in [0, 0.1) is 0 Å². The van der Waals surface area contributed by atoms with Gasteiger partial charge >= 0.3 is 5.97 Å². The van der Waals surface area contributed by atoms with Gasteiger partial charge in [-0.2, -0.15) is 0 Å². The normalized spacial score (nSPS) is 10.4. The van der Waals surface area contributed by atoms with Crippen LogP contribution in [-0.4, -0.2) is 46.0 Å². The van der Waals surface area contributed by atoms with Gasteiger partial charge in [0.1, 0.15) is 5.82 Å². The average molecular weight is 314 g/mol. The maximum atomic E-state index is 11.6. The predicted octanol–water partition coefficient (Wildman–Crippen LogP) is 1.31. The van der Waals surface area contributed by atoms with E-state index in [2.05, 4.69) is 27.4 Å². The third kappa shape index (κ3) is 7.69. The maximum Gasteiger partial charge on any atom is 0.305 e. The molecule has 0 unspecified atom stereocenters. The maximum absolute atomic E-state index is 11.6. The van der Waals surface area contributed by atoms with Crippen molar-refractivity contribution in [3.8, 4) is 0 Å². The molecule has 0 atom stereocenters. The molecule has 0 spiro atoms. The second-order valence-electron chi connectivity index (χ2n) is 4.36. The Morgan fingerprint density at radius 2 is 2.19 bits per heavy atom. The number of amides is 1. The van der Waals surface area contributed by atoms with E-state index >= 15 is 0 Å². The Labute approximate surface area is 128 Å². The fourth-order valence-corrected chi connectivity index (χ4v) is 2.21. The highest BCUT2D eigenvalue weighted by atomic mass is 32.2. The first-order chi connectivity index (χ1) is 10.2. The summed E-state index contributed by atoms with van der Waals surface area (Å²) in [5.74, 6) is 0.786. The monoisotopic (exact) mass is 314 g/mol. The molecule has 7 nitrogen and oxygen atoms in total. The molecule has 0 aliphatic carbocycles. The van der Waals surface area contributed by atoms with E-state index in [1.54, 1.807) is 6.92 Å². The lowest BCUT2D eigenvalue weighted by atomic mass is 10.3. The molecular formula is C13H22N4O3S. The largest absolute Gasteiger partial charge is 0.466 e. The number of carbonyl (C=O) groups excluding carboxylic acids is 2. The first kappa shape index (κ1) is 17.5. The molecule has 1 rings (SSSR count). The summed E-state index contributed by atoms with van der Waals surface area (Å²) in [6.45, 7) is 4.69. The fraction of sp³-hybridized carbons (Fsp3) is 0.692. The summed E-state index contributed by atoms with van der Waals surface area (Å²) in [5, 5.41) is 10.2. The highest BCUT2D eigenvalue weighted by molar-refractivity contribution is 7.99. The third-order valence-electron chi connectivity index (χ3n) is 2.52. The fourth-order valence-electron chi connectivity index (χ4n) is 1.57. The molecule has 2 N–H and O–H groups in total. The lowest BCUT2D eigenvalue weighted by Crippen LogP contribution is -2.26. The van der Waals surface area contributed by atoms with Crippen LogP contribution in [0.4, 0.5) is 0 Å². The van der Waals surface area contributed by atoms with Gasteiger partial charge in [0.05, 0.1) is 12.4 Å². The van der Waals surface area contributed by atoms with E-state index in [0.717, 1.165) is 18.7 Å². The van der Waals surface area contributed by atoms with E-state index in [0.29, 0.717) is 31.1 Å². The number of rotatable bonds is 10. The predicted molar refractivity (Wildman–Crippen MR) is 80.0 cm³/mol. The molecular weight excluding hydrogens is 292 g/mol. The Morgan fingerprint density at radius 3 is 2.90 bits per heavy atom. The van der Waals surface area contributed by atoms with Gasteiger partial charge in [0.15, 0.2) is 0 Å². The molecule has 0 radical (unpaired) electrons. The molecule has 0 aromatic carbocycles. The van der Waals surface area contributed by atoms with E-state index in [1.807, 2.05) is 0 Å². The minimum atomic E-state index is -0.231. The van der Waals surface area contributed by atoms with Gasteiger partial charge in [-0.05, 0) is 19.8 Å². The number of aromatic nitrogens is 3. The molecule has 1 heterocycles. The summed E-state index contributed by atoms with van der Waals surface area (Å²) in [7, 11) is 0. The molecule has 0 saturated carbocycles. The Kier molecular flexibility index (Phi) is 8.49. The van der Waals surface area contributed by atoms with Gasteiger partial charge < -0.3 is 10.1 Å². The van der Waals surface area contributed by atoms with Crippen LogP contribution >= 0.6 is 11.8 Å². The van der Waals surface area contributed by atoms with Crippen LogP contribution < -0.4 is 5.32 Å². The van der Waals surface area contributed by atoms with Gasteiger partial charge in [0, 0.05) is 19.4 Å². The number of nitrogens with zero attached hydrogens (tertiary/aromatic N) is 2. The van der Waals surface area contributed by atoms with Crippen molar-refractivity contribution in [3.63, 3.8) is 0 Å². The van der Waals surface area contributed by atoms with Gasteiger partial charge in [-0.15, -0.1) is 5.10 Å². The highest BCUT2D eigenvalue weighted by Crippen LogP contribution is 2.12. The smallest absolute Gasteiger partial charge is 0.305 e. The van der Waals surface area contributed by atoms with Crippen LogP contribution in [0.3, 0.4) is 0 Å². The Morgan fingerprint density at radius 1 is 1.38 bits per heavy atom. The van der Waals surface area contributed by atoms with Crippen LogP contribution in [0.15, 0.2) is 5.16 Å². The number of aromatic amines is 1. The summed E-state index contributed by atoms with van der Waals surface area (Å²) in [6, 6.07) is 0. The zero-order chi connectivity index (χ0) is 15.5. The quantitative estimate of drug-likeness (QED) is 0.384. The number of ether oxygens (including phenoxy) is 1. The number of carbonyl (C=O) groups is 2. The molecule has 0 aliphatic rings. The van der Waals surface area contributed by atoms with Gasteiger partial charge in [0.25, 0.3) is 0 Å². The second kappa shape index (κ2) is 10.2. The van der Waals surface area contributed by atoms with Crippen molar-refractivity contribution in [3.05, 3.63) is 5.82 Å². The number of H-pyrrole nitrogens is 1. The Bertz CT molecular complexity index is 450. The Balaban J connectivity index is 2.11. The van der Waals surface area contributed by atoms with Crippen molar-refractivity contribution in [2.75, 3.05) is 18.9 Å². The highest BCUT2D eigenvalue weighted by Gasteiger charge is 2.07. The summed E-state index contributed by atoms with van der Waals surface area (Å²) < 4.78 is 4.80. The number of nitrogens with one attached hydrogen (secondary N) is 2. The van der Waals surface area contributed by atoms with Crippen LogP contribution in [-0.2, 0) is 20.7 Å². The van der Waals surface area contributed by atoms with E-state index < -0.39 is 0 Å². The molecule has 8 heteroatoms. The van der Waals surface area contributed by atoms with Crippen molar-refractivity contribution in [1.29, 1.82) is 0 Å². The van der Waals surface area contributed by atoms with Crippen molar-refractivity contribution < 1.29 is 14.3 Å². The van der Waals surface area contributed by atoms with Gasteiger partial charge in [-0.3, -0.25) is 14.7 Å². The zero-order valence-electron chi connectivity index (χ0n) is 12.5. The molecule has 0 fully saturated rings. The molecule has 118 valence electrons. The van der Waals surface area contributed by atoms with E-state index in [-0.39, 0.29) is 17.6 Å². The van der Waals surface area contributed by atoms with E-state index in [1.165, 1.54) is 11.8 Å². The number of thioether (sulfide) groups is 1. The summed E-state index contributed by atoms with van der Waals surface area (Å²) in [5.41, 5.74) is 0. The van der Waals surface area contributed by atoms with Crippen LogP contribution in [0.1, 0.15) is 38.9 Å². The van der Waals surface area contributed by atoms with Crippen molar-refractivity contribution >= 4 is 23.6 Å². The van der Waals surface area contributed by atoms with E-state index in [4.69, 9.17) is 4.74 Å². The van der Waals surface area contributed by atoms with Crippen molar-refractivity contribution in [2.24, 2.45) is 0 Å². The number of hydrogen-bond acceptors (Lipinski definition) is 6. The molecule has 0 aliphatic heterocycles. The summed E-state index contributed by atoms with van der Waals surface area (Å²) in [4.78, 5) is 27.0. The minimum absolute atomic E-state index is 0.0919. The first-order valence-electron chi connectivity index (χ1n) is 7.12. The lowest BCUT2D eigenvalue weighted by molar-refractivity contribution is -0.143. The summed E-state index contributed by atoms with van der Waals surface area (Å²) in [6.07, 6.45) is 2.76. The summed E-state index contributed by atoms with van der Waals surface area (Å²) >= 11 is 1.29. The molecule has 1 aromatic rings. The molecule has 1 aromatic heterocycles. The van der Waals surface area contributed by atoms with E-state index in [9.17, 15) is 9.59 Å².